The molecule has 162 valence electrons. The molecule has 4 rings (SSSR count). The number of halogens is 1. The number of benzene rings is 1. The fourth-order valence-electron chi connectivity index (χ4n) is 3.46. The van der Waals surface area contributed by atoms with Gasteiger partial charge in [-0.15, -0.1) is 0 Å². The van der Waals surface area contributed by atoms with Gasteiger partial charge in [-0.25, -0.2) is 4.98 Å². The van der Waals surface area contributed by atoms with Gasteiger partial charge in [0, 0.05) is 35.8 Å². The second kappa shape index (κ2) is 9.47. The molecular formula is C22H24ClN5O3. The fraction of sp³-hybridized carbons (Fsp3) is 0.318. The average molecular weight is 442 g/mol. The third-order valence-corrected chi connectivity index (χ3v) is 5.38. The Morgan fingerprint density at radius 2 is 2.29 bits per heavy atom. The molecule has 2 aromatic heterocycles. The van der Waals surface area contributed by atoms with Crippen LogP contribution in [0.2, 0.25) is 5.02 Å². The number of carbonyl (C=O) groups excluding carboxylic acids is 1. The Morgan fingerprint density at radius 3 is 3.03 bits per heavy atom. The van der Waals surface area contributed by atoms with Gasteiger partial charge in [0.2, 0.25) is 5.95 Å². The van der Waals surface area contributed by atoms with Crippen LogP contribution in [0.5, 0.6) is 0 Å². The topological polar surface area (TPSA) is 101 Å². The first-order valence-corrected chi connectivity index (χ1v) is 10.4. The minimum Gasteiger partial charge on any atom is -0.394 e. The summed E-state index contributed by atoms with van der Waals surface area (Å²) in [6.07, 6.45) is 6.15. The van der Waals surface area contributed by atoms with Gasteiger partial charge in [0.1, 0.15) is 5.82 Å². The number of anilines is 1. The molecule has 0 unspecified atom stereocenters. The monoisotopic (exact) mass is 441 g/mol. The SMILES string of the molecule is Cc1cnc(N[C@H]2CCOC2)nc1-n1ccc(C(=O)N[C@H](CO)c2cccc(Cl)c2)c1. The van der Waals surface area contributed by atoms with E-state index in [4.69, 9.17) is 16.3 Å². The van der Waals surface area contributed by atoms with Crippen molar-refractivity contribution in [2.75, 3.05) is 25.1 Å². The van der Waals surface area contributed by atoms with Crippen molar-refractivity contribution < 1.29 is 14.6 Å². The third-order valence-electron chi connectivity index (χ3n) is 5.15. The summed E-state index contributed by atoms with van der Waals surface area (Å²) in [6, 6.07) is 8.41. The third kappa shape index (κ3) is 5.04. The number of hydrogen-bond donors (Lipinski definition) is 3. The number of hydrogen-bond acceptors (Lipinski definition) is 6. The maximum Gasteiger partial charge on any atom is 0.253 e. The number of aliphatic hydroxyl groups is 1. The van der Waals surface area contributed by atoms with Crippen molar-refractivity contribution in [3.63, 3.8) is 0 Å². The number of rotatable bonds is 7. The van der Waals surface area contributed by atoms with E-state index in [1.54, 1.807) is 47.4 Å². The van der Waals surface area contributed by atoms with E-state index in [1.165, 1.54) is 0 Å². The minimum atomic E-state index is -0.556. The lowest BCUT2D eigenvalue weighted by atomic mass is 10.1. The zero-order valence-electron chi connectivity index (χ0n) is 17.1. The lowest BCUT2D eigenvalue weighted by Crippen LogP contribution is -2.30. The van der Waals surface area contributed by atoms with Crippen LogP contribution in [0.1, 0.15) is 33.9 Å². The van der Waals surface area contributed by atoms with Crippen LogP contribution >= 0.6 is 11.6 Å². The normalized spacial score (nSPS) is 16.8. The maximum atomic E-state index is 12.8. The van der Waals surface area contributed by atoms with E-state index >= 15 is 0 Å². The minimum absolute atomic E-state index is 0.198. The molecule has 1 saturated heterocycles. The number of carbonyl (C=O) groups is 1. The molecule has 3 N–H and O–H groups in total. The summed E-state index contributed by atoms with van der Waals surface area (Å²) in [6.45, 7) is 3.05. The number of aliphatic hydroxyl groups excluding tert-OH is 1. The second-order valence-electron chi connectivity index (χ2n) is 7.48. The molecule has 1 aliphatic rings. The van der Waals surface area contributed by atoms with E-state index < -0.39 is 6.04 Å². The summed E-state index contributed by atoms with van der Waals surface area (Å²) in [5, 5.41) is 16.4. The molecule has 1 amide bonds. The molecule has 0 radical (unpaired) electrons. The average Bonchev–Trinajstić information content (AvgIpc) is 3.45. The second-order valence-corrected chi connectivity index (χ2v) is 7.91. The molecule has 3 aromatic rings. The summed E-state index contributed by atoms with van der Waals surface area (Å²) >= 11 is 6.03. The molecule has 2 atom stereocenters. The Labute approximate surface area is 185 Å². The predicted octanol–water partition coefficient (Wildman–Crippen LogP) is 2.89. The van der Waals surface area contributed by atoms with Crippen molar-refractivity contribution >= 4 is 23.5 Å². The van der Waals surface area contributed by atoms with E-state index in [2.05, 4.69) is 20.6 Å². The van der Waals surface area contributed by atoms with Crippen LogP contribution in [-0.4, -0.2) is 51.4 Å². The highest BCUT2D eigenvalue weighted by Crippen LogP contribution is 2.20. The van der Waals surface area contributed by atoms with Gasteiger partial charge >= 0.3 is 0 Å². The van der Waals surface area contributed by atoms with Gasteiger partial charge in [0.15, 0.2) is 0 Å². The fourth-order valence-corrected chi connectivity index (χ4v) is 3.66. The first-order valence-electron chi connectivity index (χ1n) is 10.1. The van der Waals surface area contributed by atoms with Gasteiger partial charge in [-0.1, -0.05) is 23.7 Å². The van der Waals surface area contributed by atoms with Gasteiger partial charge in [-0.2, -0.15) is 4.98 Å². The molecule has 3 heterocycles. The Kier molecular flexibility index (Phi) is 6.50. The van der Waals surface area contributed by atoms with Crippen LogP contribution in [0.3, 0.4) is 0 Å². The standard InChI is InChI=1S/C22H24ClN5O3/c1-14-10-24-22(25-18-6-8-31-13-18)27-20(14)28-7-5-16(11-28)21(30)26-19(12-29)15-3-2-4-17(23)9-15/h2-5,7,9-11,18-19,29H,6,8,12-13H2,1H3,(H,26,30)(H,24,25,27)/t18-,19+/m0/s1. The lowest BCUT2D eigenvalue weighted by Gasteiger charge is -2.16. The van der Waals surface area contributed by atoms with E-state index in [-0.39, 0.29) is 18.6 Å². The van der Waals surface area contributed by atoms with E-state index in [0.29, 0.717) is 29.0 Å². The van der Waals surface area contributed by atoms with Crippen molar-refractivity contribution in [3.8, 4) is 5.82 Å². The van der Waals surface area contributed by atoms with E-state index in [9.17, 15) is 9.90 Å². The van der Waals surface area contributed by atoms with Crippen molar-refractivity contribution in [1.29, 1.82) is 0 Å². The summed E-state index contributed by atoms with van der Waals surface area (Å²) in [7, 11) is 0. The van der Waals surface area contributed by atoms with Crippen molar-refractivity contribution in [2.45, 2.75) is 25.4 Å². The number of ether oxygens (including phenoxy) is 1. The van der Waals surface area contributed by atoms with E-state index in [1.807, 2.05) is 13.0 Å². The maximum absolute atomic E-state index is 12.8. The van der Waals surface area contributed by atoms with Crippen LogP contribution in [-0.2, 0) is 4.74 Å². The molecule has 0 saturated carbocycles. The molecule has 31 heavy (non-hydrogen) atoms. The predicted molar refractivity (Wildman–Crippen MR) is 118 cm³/mol. The first-order chi connectivity index (χ1) is 15.0. The highest BCUT2D eigenvalue weighted by molar-refractivity contribution is 6.30. The van der Waals surface area contributed by atoms with Crippen molar-refractivity contribution in [1.82, 2.24) is 19.9 Å². The molecule has 9 heteroatoms. The Balaban J connectivity index is 1.50. The number of nitrogens with one attached hydrogen (secondary N) is 2. The van der Waals surface area contributed by atoms with Crippen molar-refractivity contribution in [3.05, 3.63) is 70.6 Å². The van der Waals surface area contributed by atoms with Gasteiger partial charge < -0.3 is 25.0 Å². The Morgan fingerprint density at radius 1 is 1.42 bits per heavy atom. The number of aromatic nitrogens is 3. The van der Waals surface area contributed by atoms with Gasteiger partial charge in [0.05, 0.1) is 30.9 Å². The van der Waals surface area contributed by atoms with Crippen LogP contribution in [0.4, 0.5) is 5.95 Å². The number of aryl methyl sites for hydroxylation is 1. The number of nitrogens with zero attached hydrogens (tertiary/aromatic N) is 3. The molecular weight excluding hydrogens is 418 g/mol. The smallest absolute Gasteiger partial charge is 0.253 e. The molecule has 1 aromatic carbocycles. The van der Waals surface area contributed by atoms with Gasteiger partial charge in [-0.3, -0.25) is 4.79 Å². The lowest BCUT2D eigenvalue weighted by molar-refractivity contribution is 0.0916. The Hall–Kier alpha value is -2.94. The van der Waals surface area contributed by atoms with Crippen LogP contribution in [0.25, 0.3) is 5.82 Å². The zero-order valence-corrected chi connectivity index (χ0v) is 17.8. The molecule has 8 nitrogen and oxygen atoms in total. The quantitative estimate of drug-likeness (QED) is 0.521. The summed E-state index contributed by atoms with van der Waals surface area (Å²) in [4.78, 5) is 21.7. The highest BCUT2D eigenvalue weighted by Gasteiger charge is 2.19. The molecule has 0 spiro atoms. The number of amides is 1. The van der Waals surface area contributed by atoms with Crippen molar-refractivity contribution in [2.24, 2.45) is 0 Å². The first kappa shape index (κ1) is 21.3. The largest absolute Gasteiger partial charge is 0.394 e. The molecule has 0 bridgehead atoms. The van der Waals surface area contributed by atoms with Crippen LogP contribution < -0.4 is 10.6 Å². The van der Waals surface area contributed by atoms with Crippen LogP contribution in [0.15, 0.2) is 48.9 Å². The van der Waals surface area contributed by atoms with Crippen LogP contribution in [0, 0.1) is 6.92 Å². The summed E-state index contributed by atoms with van der Waals surface area (Å²) in [5.74, 6) is 0.909. The molecule has 1 fully saturated rings. The Bertz CT molecular complexity index is 1060. The highest BCUT2D eigenvalue weighted by atomic mass is 35.5. The molecule has 0 aliphatic carbocycles. The summed E-state index contributed by atoms with van der Waals surface area (Å²) in [5.41, 5.74) is 2.07. The van der Waals surface area contributed by atoms with Gasteiger partial charge in [-0.05, 0) is 37.1 Å². The summed E-state index contributed by atoms with van der Waals surface area (Å²) < 4.78 is 7.17. The molecule has 1 aliphatic heterocycles. The zero-order chi connectivity index (χ0) is 21.8. The van der Waals surface area contributed by atoms with Gasteiger partial charge in [0.25, 0.3) is 5.91 Å². The van der Waals surface area contributed by atoms with E-state index in [0.717, 1.165) is 24.2 Å².